The molecular weight excluding hydrogens is 248 g/mol. The molecule has 1 aromatic heterocycles. The molecule has 0 saturated heterocycles. The van der Waals surface area contributed by atoms with Crippen molar-refractivity contribution in [3.63, 3.8) is 0 Å². The van der Waals surface area contributed by atoms with E-state index in [0.717, 1.165) is 23.3 Å². The van der Waals surface area contributed by atoms with Gasteiger partial charge in [-0.05, 0) is 37.5 Å². The molecule has 1 unspecified atom stereocenters. The summed E-state index contributed by atoms with van der Waals surface area (Å²) in [5.41, 5.74) is 9.37. The molecule has 2 aromatic rings. The Labute approximate surface area is 120 Å². The van der Waals surface area contributed by atoms with E-state index in [4.69, 9.17) is 10.5 Å². The minimum atomic E-state index is 0.109. The third kappa shape index (κ3) is 3.58. The number of nitrogens with two attached hydrogens (primary N) is 1. The van der Waals surface area contributed by atoms with Crippen molar-refractivity contribution in [1.29, 1.82) is 0 Å². The molecule has 0 aliphatic rings. The van der Waals surface area contributed by atoms with Gasteiger partial charge in [0.05, 0.1) is 12.3 Å². The van der Waals surface area contributed by atoms with Crippen LogP contribution in [0.15, 0.2) is 42.7 Å². The summed E-state index contributed by atoms with van der Waals surface area (Å²) in [4.78, 5) is 4.24. The summed E-state index contributed by atoms with van der Waals surface area (Å²) in [5.74, 6) is 0.798. The average molecular weight is 270 g/mol. The predicted octanol–water partition coefficient (Wildman–Crippen LogP) is 3.95. The monoisotopic (exact) mass is 270 g/mol. The van der Waals surface area contributed by atoms with Crippen LogP contribution in [-0.4, -0.2) is 11.1 Å². The fourth-order valence-electron chi connectivity index (χ4n) is 2.07. The normalized spacial score (nSPS) is 12.4. The van der Waals surface area contributed by atoms with Crippen molar-refractivity contribution < 1.29 is 4.74 Å². The van der Waals surface area contributed by atoms with Crippen LogP contribution in [0.4, 0.5) is 0 Å². The van der Waals surface area contributed by atoms with Gasteiger partial charge in [-0.15, -0.1) is 0 Å². The Balaban J connectivity index is 2.23. The number of hydrogen-bond acceptors (Lipinski definition) is 3. The quantitative estimate of drug-likeness (QED) is 0.895. The van der Waals surface area contributed by atoms with Gasteiger partial charge in [0.1, 0.15) is 5.75 Å². The zero-order valence-electron chi connectivity index (χ0n) is 12.3. The summed E-state index contributed by atoms with van der Waals surface area (Å²) in [6.07, 6.45) is 4.68. The number of benzene rings is 1. The molecular formula is C17H22N2O. The van der Waals surface area contributed by atoms with E-state index in [0.29, 0.717) is 0 Å². The minimum Gasteiger partial charge on any atom is -0.489 e. The lowest BCUT2D eigenvalue weighted by Crippen LogP contribution is -2.08. The van der Waals surface area contributed by atoms with E-state index in [2.05, 4.69) is 36.2 Å². The van der Waals surface area contributed by atoms with Crippen LogP contribution in [0.1, 0.15) is 38.8 Å². The zero-order chi connectivity index (χ0) is 14.5. The molecule has 3 nitrogen and oxygen atoms in total. The molecule has 2 N–H and O–H groups in total. The van der Waals surface area contributed by atoms with Gasteiger partial charge in [-0.3, -0.25) is 4.98 Å². The Morgan fingerprint density at radius 2 is 1.80 bits per heavy atom. The standard InChI is InChI=1S/C17H22N2O/c1-4-17(18)14-7-5-13(6-8-14)15-9-16(11-19-10-15)20-12(2)3/h5-12,17H,4,18H2,1-3H3. The zero-order valence-corrected chi connectivity index (χ0v) is 12.3. The number of nitrogens with zero attached hydrogens (tertiary/aromatic N) is 1. The maximum Gasteiger partial charge on any atom is 0.138 e. The maximum absolute atomic E-state index is 6.03. The average Bonchev–Trinajstić information content (AvgIpc) is 2.46. The van der Waals surface area contributed by atoms with Gasteiger partial charge in [0.15, 0.2) is 0 Å². The van der Waals surface area contributed by atoms with Crippen LogP contribution in [-0.2, 0) is 0 Å². The SMILES string of the molecule is CCC(N)c1ccc(-c2cncc(OC(C)C)c2)cc1. The molecule has 20 heavy (non-hydrogen) atoms. The fraction of sp³-hybridized carbons (Fsp3) is 0.353. The van der Waals surface area contributed by atoms with Crippen LogP contribution in [0.3, 0.4) is 0 Å². The highest BCUT2D eigenvalue weighted by Gasteiger charge is 2.05. The molecule has 0 bridgehead atoms. The molecule has 1 aromatic carbocycles. The van der Waals surface area contributed by atoms with Gasteiger partial charge in [-0.2, -0.15) is 0 Å². The topological polar surface area (TPSA) is 48.1 Å². The number of ether oxygens (including phenoxy) is 1. The van der Waals surface area contributed by atoms with E-state index in [-0.39, 0.29) is 12.1 Å². The first-order chi connectivity index (χ1) is 9.60. The van der Waals surface area contributed by atoms with Crippen molar-refractivity contribution in [2.45, 2.75) is 39.3 Å². The lowest BCUT2D eigenvalue weighted by atomic mass is 10.0. The lowest BCUT2D eigenvalue weighted by Gasteiger charge is -2.12. The highest BCUT2D eigenvalue weighted by molar-refractivity contribution is 5.64. The van der Waals surface area contributed by atoms with Gasteiger partial charge in [0, 0.05) is 17.8 Å². The van der Waals surface area contributed by atoms with Gasteiger partial charge in [-0.25, -0.2) is 0 Å². The highest BCUT2D eigenvalue weighted by Crippen LogP contribution is 2.25. The van der Waals surface area contributed by atoms with Crippen molar-refractivity contribution in [2.75, 3.05) is 0 Å². The molecule has 0 amide bonds. The minimum absolute atomic E-state index is 0.109. The van der Waals surface area contributed by atoms with Crippen LogP contribution in [0.2, 0.25) is 0 Å². The van der Waals surface area contributed by atoms with Crippen molar-refractivity contribution in [3.05, 3.63) is 48.3 Å². The van der Waals surface area contributed by atoms with Gasteiger partial charge in [0.25, 0.3) is 0 Å². The summed E-state index contributed by atoms with van der Waals surface area (Å²) in [6, 6.07) is 10.5. The summed E-state index contributed by atoms with van der Waals surface area (Å²) in [5, 5.41) is 0. The largest absolute Gasteiger partial charge is 0.489 e. The Kier molecular flexibility index (Phi) is 4.74. The van der Waals surface area contributed by atoms with Crippen molar-refractivity contribution in [1.82, 2.24) is 4.98 Å². The Morgan fingerprint density at radius 3 is 2.40 bits per heavy atom. The number of hydrogen-bond donors (Lipinski definition) is 1. The second-order valence-electron chi connectivity index (χ2n) is 5.21. The van der Waals surface area contributed by atoms with Crippen molar-refractivity contribution in [3.8, 4) is 16.9 Å². The molecule has 1 heterocycles. The Hall–Kier alpha value is -1.87. The van der Waals surface area contributed by atoms with E-state index in [1.54, 1.807) is 6.20 Å². The van der Waals surface area contributed by atoms with Crippen LogP contribution < -0.4 is 10.5 Å². The van der Waals surface area contributed by atoms with E-state index < -0.39 is 0 Å². The molecule has 1 atom stereocenters. The van der Waals surface area contributed by atoms with Crippen LogP contribution in [0, 0.1) is 0 Å². The van der Waals surface area contributed by atoms with Crippen molar-refractivity contribution in [2.24, 2.45) is 5.73 Å². The van der Waals surface area contributed by atoms with Crippen LogP contribution in [0.5, 0.6) is 5.75 Å². The van der Waals surface area contributed by atoms with Crippen LogP contribution in [0.25, 0.3) is 11.1 Å². The Bertz CT molecular complexity index is 549. The van der Waals surface area contributed by atoms with Gasteiger partial charge in [-0.1, -0.05) is 31.2 Å². The van der Waals surface area contributed by atoms with Crippen molar-refractivity contribution >= 4 is 0 Å². The highest BCUT2D eigenvalue weighted by atomic mass is 16.5. The molecule has 0 aliphatic heterocycles. The molecule has 0 saturated carbocycles. The van der Waals surface area contributed by atoms with E-state index in [1.165, 1.54) is 5.56 Å². The van der Waals surface area contributed by atoms with Gasteiger partial charge < -0.3 is 10.5 Å². The molecule has 0 spiro atoms. The second-order valence-corrected chi connectivity index (χ2v) is 5.21. The third-order valence-electron chi connectivity index (χ3n) is 3.20. The Morgan fingerprint density at radius 1 is 1.10 bits per heavy atom. The molecule has 0 aliphatic carbocycles. The van der Waals surface area contributed by atoms with E-state index in [1.807, 2.05) is 26.1 Å². The molecule has 106 valence electrons. The van der Waals surface area contributed by atoms with E-state index >= 15 is 0 Å². The predicted molar refractivity (Wildman–Crippen MR) is 82.7 cm³/mol. The van der Waals surface area contributed by atoms with Gasteiger partial charge >= 0.3 is 0 Å². The fourth-order valence-corrected chi connectivity index (χ4v) is 2.07. The second kappa shape index (κ2) is 6.53. The number of pyridine rings is 1. The van der Waals surface area contributed by atoms with E-state index in [9.17, 15) is 0 Å². The maximum atomic E-state index is 6.03. The first-order valence-corrected chi connectivity index (χ1v) is 7.07. The molecule has 0 fully saturated rings. The summed E-state index contributed by atoms with van der Waals surface area (Å²) < 4.78 is 5.67. The summed E-state index contributed by atoms with van der Waals surface area (Å²) >= 11 is 0. The summed E-state index contributed by atoms with van der Waals surface area (Å²) in [7, 11) is 0. The first kappa shape index (κ1) is 14.5. The smallest absolute Gasteiger partial charge is 0.138 e. The lowest BCUT2D eigenvalue weighted by molar-refractivity contribution is 0.241. The number of aromatic nitrogens is 1. The van der Waals surface area contributed by atoms with Crippen LogP contribution >= 0.6 is 0 Å². The third-order valence-corrected chi connectivity index (χ3v) is 3.20. The molecule has 2 rings (SSSR count). The molecule has 3 heteroatoms. The summed E-state index contributed by atoms with van der Waals surface area (Å²) in [6.45, 7) is 6.11. The first-order valence-electron chi connectivity index (χ1n) is 7.07. The molecule has 0 radical (unpaired) electrons. The number of rotatable bonds is 5. The van der Waals surface area contributed by atoms with Gasteiger partial charge in [0.2, 0.25) is 0 Å².